The van der Waals surface area contributed by atoms with E-state index in [1.165, 1.54) is 12.1 Å². The number of carbonyl (C=O) groups is 1. The molecule has 2 aromatic heterocycles. The van der Waals surface area contributed by atoms with E-state index in [-0.39, 0.29) is 11.9 Å². The summed E-state index contributed by atoms with van der Waals surface area (Å²) in [5, 5.41) is 0. The number of hydrogen-bond acceptors (Lipinski definition) is 4. The maximum absolute atomic E-state index is 13.2. The second-order valence-corrected chi connectivity index (χ2v) is 6.33. The van der Waals surface area contributed by atoms with Gasteiger partial charge in [0.15, 0.2) is 17.1 Å². The van der Waals surface area contributed by atoms with Crippen LogP contribution < -0.4 is 4.74 Å². The molecule has 0 bridgehead atoms. The Kier molecular flexibility index (Phi) is 4.11. The molecule has 3 heterocycles. The molecule has 1 aromatic carbocycles. The van der Waals surface area contributed by atoms with Crippen LogP contribution in [-0.2, 0) is 11.2 Å². The van der Waals surface area contributed by atoms with E-state index >= 15 is 0 Å². The Morgan fingerprint density at radius 1 is 1.35 bits per heavy atom. The summed E-state index contributed by atoms with van der Waals surface area (Å²) in [6.45, 7) is 3.86. The van der Waals surface area contributed by atoms with Crippen molar-refractivity contribution in [2.24, 2.45) is 0 Å². The Balaban J connectivity index is 1.76. The maximum Gasteiger partial charge on any atom is 0.357 e. The van der Waals surface area contributed by atoms with Gasteiger partial charge in [-0.2, -0.15) is 0 Å². The van der Waals surface area contributed by atoms with E-state index in [1.54, 1.807) is 30.4 Å². The second-order valence-electron chi connectivity index (χ2n) is 6.33. The fraction of sp³-hybridized carbons (Fsp3) is 0.300. The monoisotopic (exact) mass is 354 g/mol. The van der Waals surface area contributed by atoms with Crippen LogP contribution in [0.4, 0.5) is 4.39 Å². The third-order valence-electron chi connectivity index (χ3n) is 4.65. The summed E-state index contributed by atoms with van der Waals surface area (Å²) in [5.41, 5.74) is 3.60. The van der Waals surface area contributed by atoms with Gasteiger partial charge >= 0.3 is 5.97 Å². The van der Waals surface area contributed by atoms with Gasteiger partial charge in [0.2, 0.25) is 0 Å². The molecule has 0 aliphatic carbocycles. The molecule has 0 fully saturated rings. The Hall–Kier alpha value is -2.89. The number of fused-ring (bicyclic) bond motifs is 3. The number of esters is 1. The van der Waals surface area contributed by atoms with E-state index < -0.39 is 5.97 Å². The quantitative estimate of drug-likeness (QED) is 0.667. The molecule has 4 rings (SSSR count). The molecule has 6 heteroatoms. The number of imidazole rings is 1. The number of aromatic nitrogens is 2. The summed E-state index contributed by atoms with van der Waals surface area (Å²) in [6, 6.07) is 8.31. The van der Waals surface area contributed by atoms with Gasteiger partial charge in [0.1, 0.15) is 11.9 Å². The Morgan fingerprint density at radius 3 is 2.85 bits per heavy atom. The van der Waals surface area contributed by atoms with Crippen LogP contribution in [0.2, 0.25) is 0 Å². The summed E-state index contributed by atoms with van der Waals surface area (Å²) in [7, 11) is 0. The molecule has 3 aromatic rings. The minimum Gasteiger partial charge on any atom is -0.482 e. The van der Waals surface area contributed by atoms with Gasteiger partial charge in [0.25, 0.3) is 0 Å². The smallest absolute Gasteiger partial charge is 0.357 e. The molecule has 0 amide bonds. The lowest BCUT2D eigenvalue weighted by molar-refractivity contribution is 0.0517. The van der Waals surface area contributed by atoms with Crippen LogP contribution in [0.1, 0.15) is 46.8 Å². The first-order valence-corrected chi connectivity index (χ1v) is 8.68. The Labute approximate surface area is 150 Å². The lowest BCUT2D eigenvalue weighted by Crippen LogP contribution is -2.16. The minimum atomic E-state index is -0.400. The van der Waals surface area contributed by atoms with Gasteiger partial charge in [-0.25, -0.2) is 14.2 Å². The normalized spacial score (nSPS) is 16.2. The van der Waals surface area contributed by atoms with Crippen molar-refractivity contribution in [1.29, 1.82) is 0 Å². The van der Waals surface area contributed by atoms with Gasteiger partial charge in [-0.05, 0) is 56.0 Å². The van der Waals surface area contributed by atoms with Crippen molar-refractivity contribution in [2.45, 2.75) is 32.8 Å². The van der Waals surface area contributed by atoms with Crippen LogP contribution in [0, 0.1) is 12.7 Å². The molecule has 1 aliphatic heterocycles. The van der Waals surface area contributed by atoms with E-state index in [0.29, 0.717) is 29.4 Å². The van der Waals surface area contributed by atoms with E-state index in [9.17, 15) is 9.18 Å². The highest BCUT2D eigenvalue weighted by molar-refractivity contribution is 5.90. The molecule has 0 N–H and O–H groups in total. The van der Waals surface area contributed by atoms with Crippen molar-refractivity contribution in [1.82, 2.24) is 9.38 Å². The third-order valence-corrected chi connectivity index (χ3v) is 4.65. The van der Waals surface area contributed by atoms with E-state index in [0.717, 1.165) is 24.0 Å². The number of benzene rings is 1. The summed E-state index contributed by atoms with van der Waals surface area (Å²) in [6.07, 6.45) is 3.30. The number of nitrogens with zero attached hydrogens (tertiary/aromatic N) is 2. The lowest BCUT2D eigenvalue weighted by Gasteiger charge is -2.26. The summed E-state index contributed by atoms with van der Waals surface area (Å²) in [4.78, 5) is 16.8. The third kappa shape index (κ3) is 2.71. The van der Waals surface area contributed by atoms with Crippen LogP contribution in [-0.4, -0.2) is 22.0 Å². The molecule has 0 radical (unpaired) electrons. The summed E-state index contributed by atoms with van der Waals surface area (Å²) in [5.74, 6) is 0.00498. The fourth-order valence-corrected chi connectivity index (χ4v) is 3.41. The molecule has 26 heavy (non-hydrogen) atoms. The molecule has 5 nitrogen and oxygen atoms in total. The zero-order valence-corrected chi connectivity index (χ0v) is 14.7. The molecule has 1 atom stereocenters. The highest BCUT2D eigenvalue weighted by Crippen LogP contribution is 2.38. The number of hydrogen-bond donors (Lipinski definition) is 0. The zero-order chi connectivity index (χ0) is 18.3. The maximum atomic E-state index is 13.2. The van der Waals surface area contributed by atoms with Crippen LogP contribution >= 0.6 is 0 Å². The predicted octanol–water partition coefficient (Wildman–Crippen LogP) is 4.02. The van der Waals surface area contributed by atoms with Crippen LogP contribution in [0.3, 0.4) is 0 Å². The topological polar surface area (TPSA) is 52.8 Å². The zero-order valence-electron chi connectivity index (χ0n) is 14.7. The molecule has 0 saturated carbocycles. The molecular weight excluding hydrogens is 335 g/mol. The molecule has 0 spiro atoms. The average Bonchev–Trinajstić information content (AvgIpc) is 2.98. The van der Waals surface area contributed by atoms with Crippen molar-refractivity contribution in [2.75, 3.05) is 6.61 Å². The first-order valence-electron chi connectivity index (χ1n) is 8.68. The van der Waals surface area contributed by atoms with Crippen molar-refractivity contribution in [3.63, 3.8) is 0 Å². The van der Waals surface area contributed by atoms with Gasteiger partial charge in [-0.15, -0.1) is 0 Å². The fourth-order valence-electron chi connectivity index (χ4n) is 3.41. The number of pyridine rings is 1. The van der Waals surface area contributed by atoms with Gasteiger partial charge in [-0.1, -0.05) is 12.1 Å². The van der Waals surface area contributed by atoms with Crippen molar-refractivity contribution < 1.29 is 18.7 Å². The van der Waals surface area contributed by atoms with Gasteiger partial charge in [0.05, 0.1) is 12.3 Å². The second kappa shape index (κ2) is 6.44. The number of rotatable bonds is 3. The van der Waals surface area contributed by atoms with Crippen molar-refractivity contribution >= 4 is 11.6 Å². The summed E-state index contributed by atoms with van der Waals surface area (Å²) < 4.78 is 26.3. The van der Waals surface area contributed by atoms with Gasteiger partial charge in [-0.3, -0.25) is 4.40 Å². The predicted molar refractivity (Wildman–Crippen MR) is 94.0 cm³/mol. The van der Waals surface area contributed by atoms with E-state index in [2.05, 4.69) is 4.98 Å². The molecule has 1 aliphatic rings. The Morgan fingerprint density at radius 2 is 2.12 bits per heavy atom. The Bertz CT molecular complexity index is 979. The summed E-state index contributed by atoms with van der Waals surface area (Å²) >= 11 is 0. The van der Waals surface area contributed by atoms with Crippen LogP contribution in [0.5, 0.6) is 5.75 Å². The number of aryl methyl sites for hydroxylation is 2. The van der Waals surface area contributed by atoms with Gasteiger partial charge in [0, 0.05) is 6.20 Å². The van der Waals surface area contributed by atoms with Crippen LogP contribution in [0.15, 0.2) is 36.5 Å². The SMILES string of the molecule is CCOC(=O)c1c(C)nc2c3c(ccn12)CCC(c1ccc(F)cc1)O3. The number of halogens is 1. The molecular formula is C20H19FN2O3. The average molecular weight is 354 g/mol. The molecule has 134 valence electrons. The lowest BCUT2D eigenvalue weighted by atomic mass is 9.98. The van der Waals surface area contributed by atoms with Crippen molar-refractivity contribution in [3.8, 4) is 5.75 Å². The molecule has 0 saturated heterocycles. The first-order chi connectivity index (χ1) is 12.6. The minimum absolute atomic E-state index is 0.169. The molecule has 1 unspecified atom stereocenters. The standard InChI is InChI=1S/C20H19FN2O3/c1-3-25-20(24)17-12(2)22-19-18-14(10-11-23(17)19)6-9-16(26-18)13-4-7-15(21)8-5-13/h4-5,7-8,10-11,16H,3,6,9H2,1-2H3. The van der Waals surface area contributed by atoms with E-state index in [4.69, 9.17) is 9.47 Å². The van der Waals surface area contributed by atoms with Crippen molar-refractivity contribution in [3.05, 3.63) is 64.9 Å². The largest absolute Gasteiger partial charge is 0.482 e. The first kappa shape index (κ1) is 16.6. The highest BCUT2D eigenvalue weighted by Gasteiger charge is 2.27. The number of ether oxygens (including phenoxy) is 2. The van der Waals surface area contributed by atoms with Gasteiger partial charge < -0.3 is 9.47 Å². The number of carbonyl (C=O) groups excluding carboxylic acids is 1. The van der Waals surface area contributed by atoms with Crippen LogP contribution in [0.25, 0.3) is 5.65 Å². The highest BCUT2D eigenvalue weighted by atomic mass is 19.1. The van der Waals surface area contributed by atoms with E-state index in [1.807, 2.05) is 12.3 Å².